The Labute approximate surface area is 121 Å². The third kappa shape index (κ3) is 3.25. The van der Waals surface area contributed by atoms with Gasteiger partial charge < -0.3 is 0 Å². The molecular weight excluding hydrogens is 248 g/mol. The molecule has 1 saturated carbocycles. The van der Waals surface area contributed by atoms with Crippen LogP contribution in [0, 0.1) is 29.6 Å². The molecule has 1 aliphatic carbocycles. The lowest BCUT2D eigenvalue weighted by molar-refractivity contribution is -0.130. The van der Waals surface area contributed by atoms with Crippen LogP contribution in [0.5, 0.6) is 0 Å². The van der Waals surface area contributed by atoms with Crippen LogP contribution in [0.3, 0.4) is 0 Å². The molecule has 1 aromatic rings. The van der Waals surface area contributed by atoms with Gasteiger partial charge in [0.15, 0.2) is 5.78 Å². The van der Waals surface area contributed by atoms with Gasteiger partial charge in [-0.05, 0) is 50.8 Å². The van der Waals surface area contributed by atoms with Crippen LogP contribution in [0.2, 0.25) is 0 Å². The molecule has 0 bridgehead atoms. The molecule has 3 heteroatoms. The first-order valence-corrected chi connectivity index (χ1v) is 7.42. The van der Waals surface area contributed by atoms with Crippen molar-refractivity contribution in [2.24, 2.45) is 11.3 Å². The van der Waals surface area contributed by atoms with Crippen molar-refractivity contribution in [3.05, 3.63) is 29.6 Å². The zero-order chi connectivity index (χ0) is 14.6. The number of nitriles is 1. The van der Waals surface area contributed by atoms with Gasteiger partial charge in [0.2, 0.25) is 0 Å². The molecule has 3 nitrogen and oxygen atoms in total. The molecule has 0 radical (unpaired) electrons. The average Bonchev–Trinajstić information content (AvgIpc) is 2.47. The SMILES string of the molecule is Cc1cc(CC(C)(C#N)C(=O)C2CCCCC2)ccn1. The van der Waals surface area contributed by atoms with Gasteiger partial charge in [0.25, 0.3) is 0 Å². The number of hydrogen-bond donors (Lipinski definition) is 0. The maximum Gasteiger partial charge on any atom is 0.156 e. The first-order valence-electron chi connectivity index (χ1n) is 7.42. The Hall–Kier alpha value is -1.69. The summed E-state index contributed by atoms with van der Waals surface area (Å²) in [4.78, 5) is 16.9. The molecule has 0 spiro atoms. The van der Waals surface area contributed by atoms with E-state index in [1.807, 2.05) is 19.1 Å². The zero-order valence-electron chi connectivity index (χ0n) is 12.4. The zero-order valence-corrected chi connectivity index (χ0v) is 12.4. The maximum absolute atomic E-state index is 12.7. The van der Waals surface area contributed by atoms with E-state index in [4.69, 9.17) is 0 Å². The molecule has 1 heterocycles. The highest BCUT2D eigenvalue weighted by molar-refractivity contribution is 5.89. The summed E-state index contributed by atoms with van der Waals surface area (Å²) in [5.41, 5.74) is 1.04. The van der Waals surface area contributed by atoms with Gasteiger partial charge in [-0.25, -0.2) is 0 Å². The standard InChI is InChI=1S/C17H22N2O/c1-13-10-14(8-9-19-13)11-17(2,12-18)16(20)15-6-4-3-5-7-15/h8-10,15H,3-7,11H2,1-2H3. The van der Waals surface area contributed by atoms with E-state index in [2.05, 4.69) is 11.1 Å². The largest absolute Gasteiger partial charge is 0.298 e. The minimum Gasteiger partial charge on any atom is -0.298 e. The minimum absolute atomic E-state index is 0.0799. The Bertz CT molecular complexity index is 526. The second kappa shape index (κ2) is 6.17. The fourth-order valence-corrected chi connectivity index (χ4v) is 3.12. The predicted molar refractivity (Wildman–Crippen MR) is 78.0 cm³/mol. The van der Waals surface area contributed by atoms with Crippen molar-refractivity contribution in [1.82, 2.24) is 4.98 Å². The Morgan fingerprint density at radius 2 is 2.15 bits per heavy atom. The molecule has 1 atom stereocenters. The van der Waals surface area contributed by atoms with Crippen molar-refractivity contribution in [2.45, 2.75) is 52.4 Å². The molecule has 20 heavy (non-hydrogen) atoms. The highest BCUT2D eigenvalue weighted by Gasteiger charge is 2.38. The van der Waals surface area contributed by atoms with E-state index in [0.717, 1.165) is 36.9 Å². The molecule has 0 aliphatic heterocycles. The number of rotatable bonds is 4. The first kappa shape index (κ1) is 14.7. The monoisotopic (exact) mass is 270 g/mol. The van der Waals surface area contributed by atoms with Crippen LogP contribution >= 0.6 is 0 Å². The van der Waals surface area contributed by atoms with E-state index >= 15 is 0 Å². The van der Waals surface area contributed by atoms with Crippen LogP contribution in [0.25, 0.3) is 0 Å². The normalized spacial score (nSPS) is 19.1. The quantitative estimate of drug-likeness (QED) is 0.839. The minimum atomic E-state index is -0.907. The van der Waals surface area contributed by atoms with E-state index in [1.165, 1.54) is 6.42 Å². The number of hydrogen-bond acceptors (Lipinski definition) is 3. The Morgan fingerprint density at radius 1 is 1.45 bits per heavy atom. The molecule has 106 valence electrons. The van der Waals surface area contributed by atoms with E-state index in [0.29, 0.717) is 6.42 Å². The van der Waals surface area contributed by atoms with Crippen LogP contribution in [0.15, 0.2) is 18.3 Å². The summed E-state index contributed by atoms with van der Waals surface area (Å²) in [6.07, 6.45) is 7.59. The molecule has 0 aromatic carbocycles. The predicted octanol–water partition coefficient (Wildman–Crippen LogP) is 3.61. The molecule has 0 saturated heterocycles. The van der Waals surface area contributed by atoms with Gasteiger partial charge in [-0.1, -0.05) is 19.3 Å². The summed E-state index contributed by atoms with van der Waals surface area (Å²) < 4.78 is 0. The summed E-state index contributed by atoms with van der Waals surface area (Å²) >= 11 is 0. The Kier molecular flexibility index (Phi) is 4.54. The van der Waals surface area contributed by atoms with Gasteiger partial charge in [0, 0.05) is 17.8 Å². The second-order valence-corrected chi connectivity index (χ2v) is 6.13. The van der Waals surface area contributed by atoms with E-state index in [9.17, 15) is 10.1 Å². The molecule has 1 aliphatic rings. The average molecular weight is 270 g/mol. The third-order valence-corrected chi connectivity index (χ3v) is 4.29. The van der Waals surface area contributed by atoms with Gasteiger partial charge in [0.1, 0.15) is 5.41 Å². The van der Waals surface area contributed by atoms with Crippen molar-refractivity contribution in [1.29, 1.82) is 5.26 Å². The fourth-order valence-electron chi connectivity index (χ4n) is 3.12. The van der Waals surface area contributed by atoms with Crippen molar-refractivity contribution in [2.75, 3.05) is 0 Å². The van der Waals surface area contributed by atoms with Crippen molar-refractivity contribution in [3.8, 4) is 6.07 Å². The number of aromatic nitrogens is 1. The topological polar surface area (TPSA) is 53.8 Å². The number of ketones is 1. The van der Waals surface area contributed by atoms with E-state index < -0.39 is 5.41 Å². The first-order chi connectivity index (χ1) is 9.55. The summed E-state index contributed by atoms with van der Waals surface area (Å²) in [5.74, 6) is 0.213. The van der Waals surface area contributed by atoms with Gasteiger partial charge in [-0.15, -0.1) is 0 Å². The highest BCUT2D eigenvalue weighted by atomic mass is 16.1. The number of carbonyl (C=O) groups is 1. The summed E-state index contributed by atoms with van der Waals surface area (Å²) in [6, 6.07) is 6.14. The van der Waals surface area contributed by atoms with Crippen molar-refractivity contribution < 1.29 is 4.79 Å². The van der Waals surface area contributed by atoms with Crippen LogP contribution in [0.4, 0.5) is 0 Å². The molecule has 0 amide bonds. The highest BCUT2D eigenvalue weighted by Crippen LogP contribution is 2.33. The third-order valence-electron chi connectivity index (χ3n) is 4.29. The summed E-state index contributed by atoms with van der Waals surface area (Å²) in [7, 11) is 0. The van der Waals surface area contributed by atoms with Gasteiger partial charge in [-0.2, -0.15) is 5.26 Å². The second-order valence-electron chi connectivity index (χ2n) is 6.13. The Balaban J connectivity index is 2.16. The number of nitrogens with zero attached hydrogens (tertiary/aromatic N) is 2. The number of pyridine rings is 1. The van der Waals surface area contributed by atoms with Crippen LogP contribution in [-0.4, -0.2) is 10.8 Å². The van der Waals surface area contributed by atoms with Gasteiger partial charge >= 0.3 is 0 Å². The van der Waals surface area contributed by atoms with Gasteiger partial charge in [-0.3, -0.25) is 9.78 Å². The van der Waals surface area contributed by atoms with Gasteiger partial charge in [0.05, 0.1) is 6.07 Å². The summed E-state index contributed by atoms with van der Waals surface area (Å²) in [5, 5.41) is 9.53. The lowest BCUT2D eigenvalue weighted by Crippen LogP contribution is -2.35. The molecular formula is C17H22N2O. The lowest BCUT2D eigenvalue weighted by atomic mass is 9.72. The summed E-state index contributed by atoms with van der Waals surface area (Å²) in [6.45, 7) is 3.72. The van der Waals surface area contributed by atoms with Crippen LogP contribution < -0.4 is 0 Å². The van der Waals surface area contributed by atoms with Crippen molar-refractivity contribution >= 4 is 5.78 Å². The Morgan fingerprint density at radius 3 is 2.75 bits per heavy atom. The van der Waals surface area contributed by atoms with Crippen LogP contribution in [-0.2, 0) is 11.2 Å². The fraction of sp³-hybridized carbons (Fsp3) is 0.588. The number of aryl methyl sites for hydroxylation is 1. The molecule has 1 fully saturated rings. The molecule has 1 unspecified atom stereocenters. The lowest BCUT2D eigenvalue weighted by Gasteiger charge is -2.28. The molecule has 0 N–H and O–H groups in total. The van der Waals surface area contributed by atoms with E-state index in [1.54, 1.807) is 13.1 Å². The van der Waals surface area contributed by atoms with Crippen LogP contribution in [0.1, 0.15) is 50.3 Å². The number of carbonyl (C=O) groups excluding carboxylic acids is 1. The molecule has 2 rings (SSSR count). The number of Topliss-reactive ketones (excluding diaryl/α,β-unsaturated/α-hetero) is 1. The van der Waals surface area contributed by atoms with E-state index in [-0.39, 0.29) is 11.7 Å². The smallest absolute Gasteiger partial charge is 0.156 e. The van der Waals surface area contributed by atoms with Crippen molar-refractivity contribution in [3.63, 3.8) is 0 Å². The molecule has 1 aromatic heterocycles. The maximum atomic E-state index is 12.7.